The van der Waals surface area contributed by atoms with Gasteiger partial charge in [0.05, 0.1) is 23.0 Å². The summed E-state index contributed by atoms with van der Waals surface area (Å²) in [6, 6.07) is 8.59. The standard InChI is InChI=1S/C33H43BrF2N4O2/c1-7-10-22-24(34)14-13-23(31(22)38-20(6)32(35)36)33(42)40-17-16-27(30(28(40)9-3)25(37)11-8-2)39-26-15-12-21(19(4)5)18-29(26)41/h12-15,18-19,28,32,41H,7-11,16-17,37H2,1-6H3/b30-25+,38-20?,39-27?. The predicted octanol–water partition coefficient (Wildman–Crippen LogP) is 9.00. The number of carbonyl (C=O) groups excluding carboxylic acids is 1. The number of alkyl halides is 2. The minimum absolute atomic E-state index is 0.101. The molecule has 1 atom stereocenters. The van der Waals surface area contributed by atoms with Gasteiger partial charge >= 0.3 is 0 Å². The summed E-state index contributed by atoms with van der Waals surface area (Å²) in [5.41, 5.74) is 11.3. The third-order valence-corrected chi connectivity index (χ3v) is 8.35. The lowest BCUT2D eigenvalue weighted by Crippen LogP contribution is -2.48. The van der Waals surface area contributed by atoms with Crippen molar-refractivity contribution in [1.29, 1.82) is 0 Å². The summed E-state index contributed by atoms with van der Waals surface area (Å²) in [4.78, 5) is 25.2. The zero-order chi connectivity index (χ0) is 31.1. The maximum atomic E-state index is 14.3. The average Bonchev–Trinajstić information content (AvgIpc) is 2.95. The van der Waals surface area contributed by atoms with E-state index < -0.39 is 6.43 Å². The average molecular weight is 646 g/mol. The number of aromatic hydroxyl groups is 1. The molecule has 1 heterocycles. The van der Waals surface area contributed by atoms with Gasteiger partial charge in [0.1, 0.15) is 11.4 Å². The van der Waals surface area contributed by atoms with Crippen LogP contribution in [0.2, 0.25) is 0 Å². The van der Waals surface area contributed by atoms with Crippen molar-refractivity contribution >= 4 is 44.6 Å². The second kappa shape index (κ2) is 14.9. The van der Waals surface area contributed by atoms with E-state index in [1.54, 1.807) is 23.1 Å². The van der Waals surface area contributed by atoms with Gasteiger partial charge in [-0.2, -0.15) is 0 Å². The number of nitrogens with two attached hydrogens (primary N) is 1. The topological polar surface area (TPSA) is 91.3 Å². The second-order valence-electron chi connectivity index (χ2n) is 11.0. The Morgan fingerprint density at radius 2 is 1.88 bits per heavy atom. The molecule has 9 heteroatoms. The van der Waals surface area contributed by atoms with Crippen molar-refractivity contribution in [1.82, 2.24) is 4.90 Å². The Labute approximate surface area is 257 Å². The van der Waals surface area contributed by atoms with Crippen molar-refractivity contribution in [3.05, 3.63) is 62.8 Å². The maximum Gasteiger partial charge on any atom is 0.276 e. The molecule has 1 fully saturated rings. The Kier molecular flexibility index (Phi) is 11.9. The van der Waals surface area contributed by atoms with Gasteiger partial charge in [0.25, 0.3) is 12.3 Å². The lowest BCUT2D eigenvalue weighted by Gasteiger charge is -2.39. The van der Waals surface area contributed by atoms with Crippen LogP contribution in [0, 0.1) is 0 Å². The fourth-order valence-electron chi connectivity index (χ4n) is 5.37. The van der Waals surface area contributed by atoms with Gasteiger partial charge in [0.15, 0.2) is 0 Å². The fourth-order valence-corrected chi connectivity index (χ4v) is 5.89. The summed E-state index contributed by atoms with van der Waals surface area (Å²) >= 11 is 3.54. The molecule has 0 saturated carbocycles. The molecule has 1 amide bonds. The Morgan fingerprint density at radius 3 is 2.45 bits per heavy atom. The van der Waals surface area contributed by atoms with Crippen LogP contribution in [0.4, 0.5) is 20.2 Å². The predicted molar refractivity (Wildman–Crippen MR) is 172 cm³/mol. The van der Waals surface area contributed by atoms with Gasteiger partial charge in [-0.3, -0.25) is 9.79 Å². The molecule has 0 radical (unpaired) electrons. The number of phenols is 1. The summed E-state index contributed by atoms with van der Waals surface area (Å²) in [6.07, 6.45) is 1.08. The highest BCUT2D eigenvalue weighted by Gasteiger charge is 2.36. The number of hydrogen-bond donors (Lipinski definition) is 2. The monoisotopic (exact) mass is 644 g/mol. The number of rotatable bonds is 10. The molecule has 2 aromatic carbocycles. The van der Waals surface area contributed by atoms with E-state index in [4.69, 9.17) is 10.7 Å². The van der Waals surface area contributed by atoms with Gasteiger partial charge in [-0.05, 0) is 67.5 Å². The van der Waals surface area contributed by atoms with E-state index in [0.29, 0.717) is 43.6 Å². The van der Waals surface area contributed by atoms with E-state index in [1.165, 1.54) is 6.92 Å². The van der Waals surface area contributed by atoms with E-state index in [2.05, 4.69) is 34.8 Å². The molecule has 0 spiro atoms. The zero-order valence-electron chi connectivity index (χ0n) is 25.5. The number of carbonyl (C=O) groups is 1. The summed E-state index contributed by atoms with van der Waals surface area (Å²) in [5, 5.41) is 10.8. The van der Waals surface area contributed by atoms with Crippen LogP contribution >= 0.6 is 15.9 Å². The Bertz CT molecular complexity index is 1380. The van der Waals surface area contributed by atoms with Gasteiger partial charge in [-0.25, -0.2) is 13.8 Å². The number of benzene rings is 2. The van der Waals surface area contributed by atoms with Crippen LogP contribution in [0.15, 0.2) is 56.1 Å². The van der Waals surface area contributed by atoms with Crippen LogP contribution in [0.1, 0.15) is 101 Å². The van der Waals surface area contributed by atoms with Crippen molar-refractivity contribution < 1.29 is 18.7 Å². The smallest absolute Gasteiger partial charge is 0.276 e. The summed E-state index contributed by atoms with van der Waals surface area (Å²) < 4.78 is 27.9. The molecule has 0 aromatic heterocycles. The molecule has 1 aliphatic heterocycles. The molecule has 42 heavy (non-hydrogen) atoms. The Morgan fingerprint density at radius 1 is 1.17 bits per heavy atom. The SMILES string of the molecule is CCC/C(N)=C1/C(=Nc2ccc(C(C)C)cc2O)CCN(C(=O)c2ccc(Br)c(CCC)c2N=C(C)C(F)F)C1CC. The van der Waals surface area contributed by atoms with Crippen LogP contribution in [-0.4, -0.2) is 46.3 Å². The van der Waals surface area contributed by atoms with Crippen molar-refractivity contribution in [2.24, 2.45) is 15.7 Å². The highest BCUT2D eigenvalue weighted by molar-refractivity contribution is 9.10. The molecule has 2 aromatic rings. The van der Waals surface area contributed by atoms with E-state index >= 15 is 0 Å². The number of likely N-dealkylation sites (tertiary alicyclic amines) is 1. The lowest BCUT2D eigenvalue weighted by atomic mass is 9.88. The molecule has 0 bridgehead atoms. The maximum absolute atomic E-state index is 14.3. The lowest BCUT2D eigenvalue weighted by molar-refractivity contribution is 0.0700. The van der Waals surface area contributed by atoms with E-state index in [9.17, 15) is 18.7 Å². The van der Waals surface area contributed by atoms with E-state index in [0.717, 1.165) is 39.7 Å². The van der Waals surface area contributed by atoms with Gasteiger partial charge in [0.2, 0.25) is 0 Å². The van der Waals surface area contributed by atoms with Gasteiger partial charge in [-0.15, -0.1) is 0 Å². The van der Waals surface area contributed by atoms with Crippen LogP contribution in [0.5, 0.6) is 5.75 Å². The summed E-state index contributed by atoms with van der Waals surface area (Å²) in [6.45, 7) is 11.8. The molecule has 6 nitrogen and oxygen atoms in total. The molecule has 1 aliphatic rings. The summed E-state index contributed by atoms with van der Waals surface area (Å²) in [7, 11) is 0. The second-order valence-corrected chi connectivity index (χ2v) is 11.9. The van der Waals surface area contributed by atoms with Gasteiger partial charge in [-0.1, -0.05) is 69.5 Å². The minimum atomic E-state index is -2.73. The van der Waals surface area contributed by atoms with Crippen LogP contribution in [0.25, 0.3) is 0 Å². The van der Waals surface area contributed by atoms with Crippen molar-refractivity contribution in [2.45, 2.75) is 98.5 Å². The highest BCUT2D eigenvalue weighted by atomic mass is 79.9. The minimum Gasteiger partial charge on any atom is -0.506 e. The van der Waals surface area contributed by atoms with Gasteiger partial charge in [0, 0.05) is 34.4 Å². The van der Waals surface area contributed by atoms with Crippen LogP contribution in [0.3, 0.4) is 0 Å². The number of nitrogens with zero attached hydrogens (tertiary/aromatic N) is 3. The quantitative estimate of drug-likeness (QED) is 0.253. The molecule has 0 aliphatic carbocycles. The van der Waals surface area contributed by atoms with Crippen LogP contribution in [-0.2, 0) is 6.42 Å². The van der Waals surface area contributed by atoms with Crippen molar-refractivity contribution in [2.75, 3.05) is 6.54 Å². The fraction of sp³-hybridized carbons (Fsp3) is 0.485. The molecule has 3 rings (SSSR count). The molecular weight excluding hydrogens is 602 g/mol. The first-order chi connectivity index (χ1) is 19.9. The molecular formula is C33H43BrF2N4O2. The van der Waals surface area contributed by atoms with Crippen LogP contribution < -0.4 is 5.73 Å². The number of allylic oxidation sites excluding steroid dienone is 1. The van der Waals surface area contributed by atoms with E-state index in [-0.39, 0.29) is 40.6 Å². The number of piperidine rings is 1. The number of amides is 1. The van der Waals surface area contributed by atoms with E-state index in [1.807, 2.05) is 32.9 Å². The number of halogens is 3. The molecule has 228 valence electrons. The molecule has 1 unspecified atom stereocenters. The number of hydrogen-bond acceptors (Lipinski definition) is 5. The third-order valence-electron chi connectivity index (χ3n) is 7.60. The third kappa shape index (κ3) is 7.46. The Balaban J connectivity index is 2.14. The number of aliphatic imine (C=N–C) groups is 2. The van der Waals surface area contributed by atoms with Crippen molar-refractivity contribution in [3.8, 4) is 5.75 Å². The molecule has 3 N–H and O–H groups in total. The van der Waals surface area contributed by atoms with Crippen molar-refractivity contribution in [3.63, 3.8) is 0 Å². The first kappa shape index (κ1) is 33.4. The Hall–Kier alpha value is -3.07. The first-order valence-electron chi connectivity index (χ1n) is 14.8. The largest absolute Gasteiger partial charge is 0.506 e. The highest BCUT2D eigenvalue weighted by Crippen LogP contribution is 2.37. The summed E-state index contributed by atoms with van der Waals surface area (Å²) in [5.74, 6) is 0.0866. The molecule has 1 saturated heterocycles. The first-order valence-corrected chi connectivity index (χ1v) is 15.6. The van der Waals surface area contributed by atoms with Gasteiger partial charge < -0.3 is 15.7 Å². The normalized spacial score (nSPS) is 18.4. The zero-order valence-corrected chi connectivity index (χ0v) is 27.1. The number of phenolic OH excluding ortho intramolecular Hbond substituents is 1.